The van der Waals surface area contributed by atoms with Crippen LogP contribution in [0.2, 0.25) is 0 Å². The Kier molecular flexibility index (Phi) is 4.81. The molecule has 3 atom stereocenters. The second-order valence-electron chi connectivity index (χ2n) is 7.34. The highest BCUT2D eigenvalue weighted by Gasteiger charge is 2.42. The van der Waals surface area contributed by atoms with Crippen molar-refractivity contribution in [1.29, 1.82) is 0 Å². The zero-order valence-corrected chi connectivity index (χ0v) is 14.1. The van der Waals surface area contributed by atoms with Gasteiger partial charge in [-0.25, -0.2) is 0 Å². The maximum atomic E-state index is 12.4. The van der Waals surface area contributed by atoms with E-state index in [4.69, 9.17) is 9.47 Å². The van der Waals surface area contributed by atoms with Crippen molar-refractivity contribution in [2.45, 2.75) is 63.4 Å². The molecule has 3 heterocycles. The summed E-state index contributed by atoms with van der Waals surface area (Å²) < 4.78 is 12.0. The van der Waals surface area contributed by atoms with Crippen molar-refractivity contribution in [2.24, 2.45) is 5.92 Å². The predicted molar refractivity (Wildman–Crippen MR) is 89.2 cm³/mol. The SMILES string of the molecule is O=C(CC1CC1)N1CC[C@@H]2O[C@H](COCc3ccncc3)CC[C@@H]21. The second-order valence-corrected chi connectivity index (χ2v) is 7.34. The van der Waals surface area contributed by atoms with Crippen molar-refractivity contribution in [1.82, 2.24) is 9.88 Å². The number of likely N-dealkylation sites (tertiary alicyclic amines) is 1. The van der Waals surface area contributed by atoms with Gasteiger partial charge >= 0.3 is 0 Å². The molecule has 2 aliphatic heterocycles. The van der Waals surface area contributed by atoms with Crippen LogP contribution in [0.3, 0.4) is 0 Å². The molecule has 1 aromatic heterocycles. The molecule has 4 rings (SSSR count). The molecule has 5 heteroatoms. The third kappa shape index (κ3) is 3.78. The second kappa shape index (κ2) is 7.19. The Balaban J connectivity index is 1.22. The van der Waals surface area contributed by atoms with E-state index in [1.54, 1.807) is 12.4 Å². The Morgan fingerprint density at radius 2 is 2.04 bits per heavy atom. The fourth-order valence-corrected chi connectivity index (χ4v) is 3.90. The van der Waals surface area contributed by atoms with Gasteiger partial charge in [0.05, 0.1) is 31.5 Å². The summed E-state index contributed by atoms with van der Waals surface area (Å²) in [6.45, 7) is 2.09. The van der Waals surface area contributed by atoms with Gasteiger partial charge in [-0.05, 0) is 55.7 Å². The number of hydrogen-bond donors (Lipinski definition) is 0. The minimum absolute atomic E-state index is 0.159. The monoisotopic (exact) mass is 330 g/mol. The summed E-state index contributed by atoms with van der Waals surface area (Å²) >= 11 is 0. The number of hydrogen-bond acceptors (Lipinski definition) is 4. The predicted octanol–water partition coefficient (Wildman–Crippen LogP) is 2.55. The highest BCUT2D eigenvalue weighted by atomic mass is 16.5. The van der Waals surface area contributed by atoms with Crippen molar-refractivity contribution in [3.8, 4) is 0 Å². The molecule has 5 nitrogen and oxygen atoms in total. The number of nitrogens with zero attached hydrogens (tertiary/aromatic N) is 2. The molecule has 0 spiro atoms. The Morgan fingerprint density at radius 3 is 2.83 bits per heavy atom. The van der Waals surface area contributed by atoms with E-state index in [1.165, 1.54) is 12.8 Å². The third-order valence-corrected chi connectivity index (χ3v) is 5.44. The molecule has 2 saturated heterocycles. The molecule has 0 unspecified atom stereocenters. The first kappa shape index (κ1) is 16.0. The summed E-state index contributed by atoms with van der Waals surface area (Å²) in [6.07, 6.45) is 10.2. The van der Waals surface area contributed by atoms with Crippen LogP contribution in [0.15, 0.2) is 24.5 Å². The summed E-state index contributed by atoms with van der Waals surface area (Å²) in [5, 5.41) is 0. The smallest absolute Gasteiger partial charge is 0.223 e. The molecule has 1 aromatic rings. The van der Waals surface area contributed by atoms with E-state index < -0.39 is 0 Å². The minimum atomic E-state index is 0.159. The molecule has 1 saturated carbocycles. The lowest BCUT2D eigenvalue weighted by atomic mass is 9.99. The molecular weight excluding hydrogens is 304 g/mol. The fourth-order valence-electron chi connectivity index (χ4n) is 3.90. The summed E-state index contributed by atoms with van der Waals surface area (Å²) in [5.41, 5.74) is 1.14. The van der Waals surface area contributed by atoms with Crippen molar-refractivity contribution in [3.63, 3.8) is 0 Å². The quantitative estimate of drug-likeness (QED) is 0.804. The molecule has 0 radical (unpaired) electrons. The lowest BCUT2D eigenvalue weighted by molar-refractivity contribution is -0.139. The van der Waals surface area contributed by atoms with E-state index in [-0.39, 0.29) is 12.2 Å². The third-order valence-electron chi connectivity index (χ3n) is 5.44. The van der Waals surface area contributed by atoms with Crippen molar-refractivity contribution in [3.05, 3.63) is 30.1 Å². The van der Waals surface area contributed by atoms with Crippen LogP contribution < -0.4 is 0 Å². The van der Waals surface area contributed by atoms with Gasteiger partial charge in [-0.1, -0.05) is 0 Å². The highest BCUT2D eigenvalue weighted by molar-refractivity contribution is 5.77. The summed E-state index contributed by atoms with van der Waals surface area (Å²) in [4.78, 5) is 18.5. The number of carbonyl (C=O) groups excluding carboxylic acids is 1. The van der Waals surface area contributed by atoms with Crippen molar-refractivity contribution in [2.75, 3.05) is 13.2 Å². The van der Waals surface area contributed by atoms with E-state index in [0.717, 1.165) is 37.8 Å². The van der Waals surface area contributed by atoms with Gasteiger partial charge in [0.1, 0.15) is 0 Å². The molecule has 3 fully saturated rings. The Bertz CT molecular complexity index is 561. The molecule has 3 aliphatic rings. The summed E-state index contributed by atoms with van der Waals surface area (Å²) in [7, 11) is 0. The van der Waals surface area contributed by atoms with Gasteiger partial charge in [0.2, 0.25) is 5.91 Å². The minimum Gasteiger partial charge on any atom is -0.374 e. The van der Waals surface area contributed by atoms with Crippen LogP contribution in [0.25, 0.3) is 0 Å². The number of rotatable bonds is 6. The normalized spacial score (nSPS) is 29.5. The Morgan fingerprint density at radius 1 is 1.21 bits per heavy atom. The first-order valence-corrected chi connectivity index (χ1v) is 9.21. The van der Waals surface area contributed by atoms with Crippen LogP contribution in [0.1, 0.15) is 44.1 Å². The van der Waals surface area contributed by atoms with Crippen LogP contribution in [-0.4, -0.2) is 47.2 Å². The highest BCUT2D eigenvalue weighted by Crippen LogP contribution is 2.36. The molecule has 0 bridgehead atoms. The maximum Gasteiger partial charge on any atom is 0.223 e. The van der Waals surface area contributed by atoms with Crippen molar-refractivity contribution < 1.29 is 14.3 Å². The van der Waals surface area contributed by atoms with Gasteiger partial charge in [-0.2, -0.15) is 0 Å². The van der Waals surface area contributed by atoms with Gasteiger partial charge in [0, 0.05) is 25.4 Å². The van der Waals surface area contributed by atoms with E-state index in [9.17, 15) is 4.79 Å². The lowest BCUT2D eigenvalue weighted by Crippen LogP contribution is -2.46. The number of ether oxygens (including phenoxy) is 2. The first-order chi connectivity index (χ1) is 11.8. The standard InChI is InChI=1S/C19H26N2O3/c22-19(11-14-1-2-14)21-10-7-18-17(21)4-3-16(24-18)13-23-12-15-5-8-20-9-6-15/h5-6,8-9,14,16-18H,1-4,7,10-13H2/t16-,17-,18-/m0/s1. The summed E-state index contributed by atoms with van der Waals surface area (Å²) in [5.74, 6) is 1.01. The maximum absolute atomic E-state index is 12.4. The number of aromatic nitrogens is 1. The zero-order chi connectivity index (χ0) is 16.4. The average molecular weight is 330 g/mol. The molecule has 1 aliphatic carbocycles. The largest absolute Gasteiger partial charge is 0.374 e. The van der Waals surface area contributed by atoms with Gasteiger partial charge < -0.3 is 14.4 Å². The van der Waals surface area contributed by atoms with Crippen molar-refractivity contribution >= 4 is 5.91 Å². The van der Waals surface area contributed by atoms with Crippen LogP contribution in [0, 0.1) is 5.92 Å². The topological polar surface area (TPSA) is 51.7 Å². The molecular formula is C19H26N2O3. The van der Waals surface area contributed by atoms with E-state index >= 15 is 0 Å². The van der Waals surface area contributed by atoms with Crippen LogP contribution in [0.4, 0.5) is 0 Å². The van der Waals surface area contributed by atoms with E-state index in [0.29, 0.717) is 31.1 Å². The molecule has 0 aromatic carbocycles. The Hall–Kier alpha value is -1.46. The molecule has 1 amide bonds. The number of carbonyl (C=O) groups is 1. The van der Waals surface area contributed by atoms with Crippen LogP contribution in [-0.2, 0) is 20.9 Å². The molecule has 24 heavy (non-hydrogen) atoms. The first-order valence-electron chi connectivity index (χ1n) is 9.21. The molecule has 130 valence electrons. The van der Waals surface area contributed by atoms with E-state index in [1.807, 2.05) is 12.1 Å². The Labute approximate surface area is 143 Å². The van der Waals surface area contributed by atoms with Gasteiger partial charge in [-0.3, -0.25) is 9.78 Å². The van der Waals surface area contributed by atoms with Crippen LogP contribution >= 0.6 is 0 Å². The molecule has 0 N–H and O–H groups in total. The summed E-state index contributed by atoms with van der Waals surface area (Å²) in [6, 6.07) is 4.24. The number of pyridine rings is 1. The lowest BCUT2D eigenvalue weighted by Gasteiger charge is -2.36. The van der Waals surface area contributed by atoms with Crippen LogP contribution in [0.5, 0.6) is 0 Å². The van der Waals surface area contributed by atoms with Gasteiger partial charge in [0.25, 0.3) is 0 Å². The zero-order valence-electron chi connectivity index (χ0n) is 14.1. The number of fused-ring (bicyclic) bond motifs is 1. The average Bonchev–Trinajstić information content (AvgIpc) is 3.32. The van der Waals surface area contributed by atoms with Gasteiger partial charge in [-0.15, -0.1) is 0 Å². The van der Waals surface area contributed by atoms with Gasteiger partial charge in [0.15, 0.2) is 0 Å². The van der Waals surface area contributed by atoms with E-state index in [2.05, 4.69) is 9.88 Å². The fraction of sp³-hybridized carbons (Fsp3) is 0.684. The number of amides is 1.